The number of hydrogen-bond donors (Lipinski definition) is 0. The summed E-state index contributed by atoms with van der Waals surface area (Å²) in [4.78, 5) is 6.90. The number of halogens is 1. The largest absolute Gasteiger partial charge is 0.443 e. The monoisotopic (exact) mass is 392 g/mol. The van der Waals surface area contributed by atoms with E-state index in [2.05, 4.69) is 71.7 Å². The van der Waals surface area contributed by atoms with Crippen LogP contribution in [0.5, 0.6) is 0 Å². The van der Waals surface area contributed by atoms with Gasteiger partial charge in [0.25, 0.3) is 0 Å². The second kappa shape index (κ2) is 6.98. The molecule has 0 saturated carbocycles. The molecule has 0 spiro atoms. The van der Waals surface area contributed by atoms with Crippen molar-refractivity contribution in [2.24, 2.45) is 0 Å². The minimum atomic E-state index is -0.0190. The average Bonchev–Trinajstić information content (AvgIpc) is 3.04. The van der Waals surface area contributed by atoms with Crippen LogP contribution in [0, 0.1) is 0 Å². The number of ether oxygens (including phenoxy) is 1. The van der Waals surface area contributed by atoms with Gasteiger partial charge in [-0.25, -0.2) is 4.98 Å². The maximum Gasteiger partial charge on any atom is 0.211 e. The van der Waals surface area contributed by atoms with Crippen molar-refractivity contribution in [1.82, 2.24) is 9.88 Å². The first-order valence-electron chi connectivity index (χ1n) is 8.42. The van der Waals surface area contributed by atoms with Crippen molar-refractivity contribution in [3.63, 3.8) is 0 Å². The number of rotatable bonds is 3. The SMILES string of the molecule is CC(c1ncc(C(C)(C)C)o1)N1CCOC(c2cccc(Br)c2)C1. The number of hydrogen-bond acceptors (Lipinski definition) is 4. The van der Waals surface area contributed by atoms with Crippen LogP contribution >= 0.6 is 15.9 Å². The third kappa shape index (κ3) is 3.90. The lowest BCUT2D eigenvalue weighted by Crippen LogP contribution is -2.40. The standard InChI is InChI=1S/C19H25BrN2O2/c1-13(18-21-11-17(24-18)19(2,3)4)22-8-9-23-16(12-22)14-6-5-7-15(20)10-14/h5-7,10-11,13,16H,8-9,12H2,1-4H3. The van der Waals surface area contributed by atoms with Gasteiger partial charge < -0.3 is 9.15 Å². The minimum Gasteiger partial charge on any atom is -0.443 e. The Balaban J connectivity index is 1.73. The molecule has 1 aromatic heterocycles. The lowest BCUT2D eigenvalue weighted by Gasteiger charge is -2.35. The molecule has 0 amide bonds. The molecule has 0 bridgehead atoms. The summed E-state index contributed by atoms with van der Waals surface area (Å²) < 4.78 is 13.1. The molecule has 1 aliphatic rings. The summed E-state index contributed by atoms with van der Waals surface area (Å²) in [5.74, 6) is 1.72. The fraction of sp³-hybridized carbons (Fsp3) is 0.526. The van der Waals surface area contributed by atoms with Gasteiger partial charge in [-0.05, 0) is 24.6 Å². The number of benzene rings is 1. The van der Waals surface area contributed by atoms with Gasteiger partial charge in [0.15, 0.2) is 0 Å². The van der Waals surface area contributed by atoms with Crippen LogP contribution in [0.15, 0.2) is 39.4 Å². The van der Waals surface area contributed by atoms with Gasteiger partial charge >= 0.3 is 0 Å². The summed E-state index contributed by atoms with van der Waals surface area (Å²) in [6.45, 7) is 11.0. The van der Waals surface area contributed by atoms with Gasteiger partial charge in [0.05, 0.1) is 24.9 Å². The molecule has 0 N–H and O–H groups in total. The zero-order valence-electron chi connectivity index (χ0n) is 14.8. The van der Waals surface area contributed by atoms with E-state index in [0.717, 1.165) is 29.2 Å². The van der Waals surface area contributed by atoms with Gasteiger partial charge in [-0.1, -0.05) is 48.8 Å². The molecule has 5 heteroatoms. The molecule has 3 rings (SSSR count). The summed E-state index contributed by atoms with van der Waals surface area (Å²) in [5, 5.41) is 0. The second-order valence-electron chi connectivity index (χ2n) is 7.40. The van der Waals surface area contributed by atoms with Crippen LogP contribution in [-0.2, 0) is 10.2 Å². The maximum absolute atomic E-state index is 6.02. The zero-order chi connectivity index (χ0) is 17.3. The predicted octanol–water partition coefficient (Wildman–Crippen LogP) is 4.87. The zero-order valence-corrected chi connectivity index (χ0v) is 16.3. The fourth-order valence-corrected chi connectivity index (χ4v) is 3.33. The lowest BCUT2D eigenvalue weighted by atomic mass is 9.94. The predicted molar refractivity (Wildman–Crippen MR) is 98.0 cm³/mol. The first-order valence-corrected chi connectivity index (χ1v) is 9.21. The van der Waals surface area contributed by atoms with Crippen LogP contribution in [0.2, 0.25) is 0 Å². The van der Waals surface area contributed by atoms with E-state index >= 15 is 0 Å². The van der Waals surface area contributed by atoms with Crippen LogP contribution in [0.25, 0.3) is 0 Å². The topological polar surface area (TPSA) is 38.5 Å². The Morgan fingerprint density at radius 2 is 2.12 bits per heavy atom. The van der Waals surface area contributed by atoms with Crippen LogP contribution in [0.3, 0.4) is 0 Å². The highest BCUT2D eigenvalue weighted by molar-refractivity contribution is 9.10. The quantitative estimate of drug-likeness (QED) is 0.746. The molecule has 2 heterocycles. The van der Waals surface area contributed by atoms with Crippen molar-refractivity contribution in [3.05, 3.63) is 52.1 Å². The molecule has 2 unspecified atom stereocenters. The smallest absolute Gasteiger partial charge is 0.211 e. The molecule has 2 atom stereocenters. The summed E-state index contributed by atoms with van der Waals surface area (Å²) in [6.07, 6.45) is 1.94. The minimum absolute atomic E-state index is 0.0190. The normalized spacial score (nSPS) is 21.0. The molecule has 1 fully saturated rings. The number of nitrogens with zero attached hydrogens (tertiary/aromatic N) is 2. The van der Waals surface area contributed by atoms with E-state index in [9.17, 15) is 0 Å². The fourth-order valence-electron chi connectivity index (χ4n) is 2.91. The van der Waals surface area contributed by atoms with Crippen LogP contribution in [0.4, 0.5) is 0 Å². The molecule has 130 valence electrons. The Kier molecular flexibility index (Phi) is 5.13. The summed E-state index contributed by atoms with van der Waals surface area (Å²) >= 11 is 3.54. The van der Waals surface area contributed by atoms with Gasteiger partial charge in [-0.15, -0.1) is 0 Å². The van der Waals surface area contributed by atoms with Crippen molar-refractivity contribution in [1.29, 1.82) is 0 Å². The van der Waals surface area contributed by atoms with E-state index < -0.39 is 0 Å². The Morgan fingerprint density at radius 3 is 2.79 bits per heavy atom. The Bertz CT molecular complexity index is 693. The molecule has 4 nitrogen and oxygen atoms in total. The van der Waals surface area contributed by atoms with Gasteiger partial charge in [-0.2, -0.15) is 0 Å². The highest BCUT2D eigenvalue weighted by atomic mass is 79.9. The average molecular weight is 393 g/mol. The maximum atomic E-state index is 6.02. The third-order valence-electron chi connectivity index (χ3n) is 4.49. The molecular formula is C19H25BrN2O2. The van der Waals surface area contributed by atoms with E-state index in [4.69, 9.17) is 9.15 Å². The van der Waals surface area contributed by atoms with E-state index in [-0.39, 0.29) is 17.6 Å². The first kappa shape index (κ1) is 17.6. The van der Waals surface area contributed by atoms with Crippen LogP contribution in [0.1, 0.15) is 57.1 Å². The third-order valence-corrected chi connectivity index (χ3v) is 4.98. The molecule has 1 aliphatic heterocycles. The highest BCUT2D eigenvalue weighted by Gasteiger charge is 2.29. The number of aromatic nitrogens is 1. The van der Waals surface area contributed by atoms with Crippen molar-refractivity contribution >= 4 is 15.9 Å². The van der Waals surface area contributed by atoms with Gasteiger partial charge in [0, 0.05) is 23.0 Å². The van der Waals surface area contributed by atoms with Gasteiger partial charge in [0.1, 0.15) is 5.76 Å². The van der Waals surface area contributed by atoms with Crippen molar-refractivity contribution in [2.45, 2.75) is 45.3 Å². The second-order valence-corrected chi connectivity index (χ2v) is 8.31. The molecule has 1 saturated heterocycles. The summed E-state index contributed by atoms with van der Waals surface area (Å²) in [5.41, 5.74) is 1.18. The van der Waals surface area contributed by atoms with Crippen molar-refractivity contribution in [2.75, 3.05) is 19.7 Å². The molecule has 2 aromatic rings. The van der Waals surface area contributed by atoms with E-state index in [1.807, 2.05) is 12.3 Å². The summed E-state index contributed by atoms with van der Waals surface area (Å²) in [7, 11) is 0. The molecule has 0 aliphatic carbocycles. The lowest BCUT2D eigenvalue weighted by molar-refractivity contribution is -0.0465. The molecular weight excluding hydrogens is 368 g/mol. The van der Waals surface area contributed by atoms with Crippen molar-refractivity contribution < 1.29 is 9.15 Å². The molecule has 24 heavy (non-hydrogen) atoms. The number of morpholine rings is 1. The van der Waals surface area contributed by atoms with Gasteiger partial charge in [-0.3, -0.25) is 4.90 Å². The van der Waals surface area contributed by atoms with E-state index in [0.29, 0.717) is 6.61 Å². The Labute approximate surface area is 152 Å². The summed E-state index contributed by atoms with van der Waals surface area (Å²) in [6, 6.07) is 8.47. The molecule has 1 aromatic carbocycles. The first-order chi connectivity index (χ1) is 11.3. The van der Waals surface area contributed by atoms with Gasteiger partial charge in [0.2, 0.25) is 5.89 Å². The van der Waals surface area contributed by atoms with Crippen LogP contribution < -0.4 is 0 Å². The van der Waals surface area contributed by atoms with E-state index in [1.165, 1.54) is 5.56 Å². The van der Waals surface area contributed by atoms with Crippen molar-refractivity contribution in [3.8, 4) is 0 Å². The Hall–Kier alpha value is -1.17. The van der Waals surface area contributed by atoms with Crippen LogP contribution in [-0.4, -0.2) is 29.6 Å². The Morgan fingerprint density at radius 1 is 1.33 bits per heavy atom. The molecule has 0 radical (unpaired) electrons. The van der Waals surface area contributed by atoms with E-state index in [1.54, 1.807) is 0 Å². The highest BCUT2D eigenvalue weighted by Crippen LogP contribution is 2.31. The number of oxazole rings is 1.